The molecule has 7 nitrogen and oxygen atoms in total. The fourth-order valence-corrected chi connectivity index (χ4v) is 3.70. The van der Waals surface area contributed by atoms with Crippen molar-refractivity contribution in [3.63, 3.8) is 0 Å². The van der Waals surface area contributed by atoms with Gasteiger partial charge in [-0.05, 0) is 50.0 Å². The van der Waals surface area contributed by atoms with Gasteiger partial charge in [-0.3, -0.25) is 9.78 Å². The Labute approximate surface area is 188 Å². The van der Waals surface area contributed by atoms with E-state index in [2.05, 4.69) is 25.9 Å². The van der Waals surface area contributed by atoms with Gasteiger partial charge in [0.2, 0.25) is 0 Å². The minimum Gasteiger partial charge on any atom is -0.340 e. The second-order valence-electron chi connectivity index (χ2n) is 7.05. The number of hydrogen-bond donors (Lipinski definition) is 2. The lowest BCUT2D eigenvalue weighted by molar-refractivity contribution is 0.0937. The van der Waals surface area contributed by atoms with E-state index in [0.717, 1.165) is 42.8 Å². The number of carbonyl (C=O) groups excluding carboxylic acids is 1. The standard InChI is InChI=1S/C21H24N6O.2ClH/c1-15-19(25-26-27(15)18-9-12-22-13-10-18)21(28)24-20(16-6-3-2-4-7-16)17-8-5-11-23-14-17;;/h2-8,11,14,18,20,22H,9-10,12-13H2,1H3,(H,24,28);2*1H. The van der Waals surface area contributed by atoms with Crippen molar-refractivity contribution in [3.05, 3.63) is 77.4 Å². The summed E-state index contributed by atoms with van der Waals surface area (Å²) in [5.74, 6) is -0.226. The van der Waals surface area contributed by atoms with Crippen molar-refractivity contribution in [2.75, 3.05) is 13.1 Å². The number of aromatic nitrogens is 4. The largest absolute Gasteiger partial charge is 0.340 e. The van der Waals surface area contributed by atoms with Crippen LogP contribution in [-0.4, -0.2) is 39.0 Å². The van der Waals surface area contributed by atoms with Gasteiger partial charge in [0.1, 0.15) is 0 Å². The van der Waals surface area contributed by atoms with E-state index in [4.69, 9.17) is 0 Å². The average molecular weight is 449 g/mol. The van der Waals surface area contributed by atoms with Crippen LogP contribution in [0.2, 0.25) is 0 Å². The quantitative estimate of drug-likeness (QED) is 0.625. The molecule has 9 heteroatoms. The molecular weight excluding hydrogens is 423 g/mol. The fourth-order valence-electron chi connectivity index (χ4n) is 3.70. The van der Waals surface area contributed by atoms with Gasteiger partial charge in [0.25, 0.3) is 5.91 Å². The number of benzene rings is 1. The van der Waals surface area contributed by atoms with Gasteiger partial charge in [0.15, 0.2) is 5.69 Å². The first-order chi connectivity index (χ1) is 13.7. The topological polar surface area (TPSA) is 84.7 Å². The molecule has 1 fully saturated rings. The Balaban J connectivity index is 0.00000160. The van der Waals surface area contributed by atoms with Crippen molar-refractivity contribution >= 4 is 30.7 Å². The number of carbonyl (C=O) groups is 1. The first kappa shape index (κ1) is 23.8. The van der Waals surface area contributed by atoms with E-state index in [-0.39, 0.29) is 36.8 Å². The van der Waals surface area contributed by atoms with Crippen LogP contribution < -0.4 is 10.6 Å². The third kappa shape index (κ3) is 5.16. The number of nitrogens with one attached hydrogen (secondary N) is 2. The van der Waals surface area contributed by atoms with Gasteiger partial charge in [-0.15, -0.1) is 29.9 Å². The van der Waals surface area contributed by atoms with Crippen molar-refractivity contribution in [3.8, 4) is 0 Å². The summed E-state index contributed by atoms with van der Waals surface area (Å²) in [6.07, 6.45) is 5.49. The number of nitrogens with zero attached hydrogens (tertiary/aromatic N) is 4. The summed E-state index contributed by atoms with van der Waals surface area (Å²) < 4.78 is 1.90. The van der Waals surface area contributed by atoms with E-state index in [1.165, 1.54) is 0 Å². The normalized spacial score (nSPS) is 14.8. The van der Waals surface area contributed by atoms with E-state index in [0.29, 0.717) is 11.7 Å². The Morgan fingerprint density at radius 3 is 2.47 bits per heavy atom. The molecule has 0 aliphatic carbocycles. The van der Waals surface area contributed by atoms with Gasteiger partial charge in [0, 0.05) is 12.4 Å². The lowest BCUT2D eigenvalue weighted by Gasteiger charge is -2.23. The summed E-state index contributed by atoms with van der Waals surface area (Å²) in [5, 5.41) is 14.9. The zero-order valence-electron chi connectivity index (χ0n) is 16.7. The molecule has 1 atom stereocenters. The Morgan fingerprint density at radius 2 is 1.80 bits per heavy atom. The van der Waals surface area contributed by atoms with Crippen LogP contribution in [0, 0.1) is 6.92 Å². The summed E-state index contributed by atoms with van der Waals surface area (Å²) in [6.45, 7) is 3.84. The molecule has 4 rings (SSSR count). The fraction of sp³-hybridized carbons (Fsp3) is 0.333. The van der Waals surface area contributed by atoms with Crippen molar-refractivity contribution in [2.45, 2.75) is 31.8 Å². The highest BCUT2D eigenvalue weighted by atomic mass is 35.5. The SMILES string of the molecule is Cc1c(C(=O)NC(c2ccccc2)c2cccnc2)nnn1C1CCNCC1.Cl.Cl. The number of piperidine rings is 1. The molecule has 0 saturated carbocycles. The predicted molar refractivity (Wildman–Crippen MR) is 120 cm³/mol. The van der Waals surface area contributed by atoms with Crippen LogP contribution in [0.3, 0.4) is 0 Å². The van der Waals surface area contributed by atoms with Crippen LogP contribution in [0.1, 0.15) is 52.2 Å². The van der Waals surface area contributed by atoms with Gasteiger partial charge in [-0.25, -0.2) is 4.68 Å². The molecular formula is C21H26Cl2N6O. The summed E-state index contributed by atoms with van der Waals surface area (Å²) in [4.78, 5) is 17.3. The molecule has 160 valence electrons. The smallest absolute Gasteiger partial charge is 0.274 e. The van der Waals surface area contributed by atoms with Crippen LogP contribution >= 0.6 is 24.8 Å². The second kappa shape index (κ2) is 11.1. The molecule has 1 aromatic carbocycles. The molecule has 1 amide bonds. The van der Waals surface area contributed by atoms with Gasteiger partial charge in [0.05, 0.1) is 17.8 Å². The Kier molecular flexibility index (Phi) is 8.77. The molecule has 1 unspecified atom stereocenters. The second-order valence-corrected chi connectivity index (χ2v) is 7.05. The van der Waals surface area contributed by atoms with Crippen molar-refractivity contribution in [2.24, 2.45) is 0 Å². The number of rotatable bonds is 5. The van der Waals surface area contributed by atoms with E-state index >= 15 is 0 Å². The third-order valence-corrected chi connectivity index (χ3v) is 5.22. The van der Waals surface area contributed by atoms with Crippen LogP contribution in [0.5, 0.6) is 0 Å². The zero-order valence-corrected chi connectivity index (χ0v) is 18.3. The number of halogens is 2. The van der Waals surface area contributed by atoms with E-state index < -0.39 is 0 Å². The maximum atomic E-state index is 13.1. The van der Waals surface area contributed by atoms with Gasteiger partial charge >= 0.3 is 0 Å². The molecule has 3 aromatic rings. The minimum absolute atomic E-state index is 0. The highest BCUT2D eigenvalue weighted by Gasteiger charge is 2.25. The third-order valence-electron chi connectivity index (χ3n) is 5.22. The summed E-state index contributed by atoms with van der Waals surface area (Å²) in [7, 11) is 0. The van der Waals surface area contributed by atoms with E-state index in [1.54, 1.807) is 12.4 Å². The first-order valence-corrected chi connectivity index (χ1v) is 9.62. The lowest BCUT2D eigenvalue weighted by Crippen LogP contribution is -2.31. The first-order valence-electron chi connectivity index (χ1n) is 9.62. The molecule has 1 aliphatic rings. The predicted octanol–water partition coefficient (Wildman–Crippen LogP) is 3.27. The van der Waals surface area contributed by atoms with Gasteiger partial charge in [-0.2, -0.15) is 0 Å². The summed E-state index contributed by atoms with van der Waals surface area (Å²) >= 11 is 0. The molecule has 1 aliphatic heterocycles. The zero-order chi connectivity index (χ0) is 19.3. The van der Waals surface area contributed by atoms with Crippen LogP contribution in [-0.2, 0) is 0 Å². The Morgan fingerprint density at radius 1 is 1.10 bits per heavy atom. The Bertz CT molecular complexity index is 890. The Hall–Kier alpha value is -2.48. The summed E-state index contributed by atoms with van der Waals surface area (Å²) in [5.41, 5.74) is 3.10. The van der Waals surface area contributed by atoms with E-state index in [9.17, 15) is 4.79 Å². The van der Waals surface area contributed by atoms with E-state index in [1.807, 2.05) is 54.1 Å². The van der Waals surface area contributed by atoms with Crippen LogP contribution in [0.15, 0.2) is 54.9 Å². The summed E-state index contributed by atoms with van der Waals surface area (Å²) in [6, 6.07) is 13.7. The molecule has 0 bridgehead atoms. The average Bonchev–Trinajstić information content (AvgIpc) is 3.15. The maximum absolute atomic E-state index is 13.1. The molecule has 2 aromatic heterocycles. The minimum atomic E-state index is -0.300. The highest BCUT2D eigenvalue weighted by molar-refractivity contribution is 5.93. The highest BCUT2D eigenvalue weighted by Crippen LogP contribution is 2.23. The van der Waals surface area contributed by atoms with Gasteiger partial charge in [-0.1, -0.05) is 41.6 Å². The molecule has 0 radical (unpaired) electrons. The molecule has 1 saturated heterocycles. The van der Waals surface area contributed by atoms with Gasteiger partial charge < -0.3 is 10.6 Å². The molecule has 2 N–H and O–H groups in total. The molecule has 0 spiro atoms. The van der Waals surface area contributed by atoms with Crippen molar-refractivity contribution in [1.29, 1.82) is 0 Å². The van der Waals surface area contributed by atoms with Crippen molar-refractivity contribution in [1.82, 2.24) is 30.6 Å². The number of pyridine rings is 1. The monoisotopic (exact) mass is 448 g/mol. The number of amides is 1. The molecule has 30 heavy (non-hydrogen) atoms. The van der Waals surface area contributed by atoms with Crippen molar-refractivity contribution < 1.29 is 4.79 Å². The van der Waals surface area contributed by atoms with Crippen LogP contribution in [0.25, 0.3) is 0 Å². The van der Waals surface area contributed by atoms with Crippen LogP contribution in [0.4, 0.5) is 0 Å². The maximum Gasteiger partial charge on any atom is 0.274 e. The number of hydrogen-bond acceptors (Lipinski definition) is 5. The molecule has 3 heterocycles. The lowest BCUT2D eigenvalue weighted by atomic mass is 10.00.